The highest BCUT2D eigenvalue weighted by atomic mass is 16.5. The van der Waals surface area contributed by atoms with Crippen LogP contribution in [0, 0.1) is 6.92 Å². The molecule has 3 N–H and O–H groups in total. The predicted octanol–water partition coefficient (Wildman–Crippen LogP) is 2.10. The molecule has 0 aliphatic rings. The van der Waals surface area contributed by atoms with Crippen LogP contribution in [-0.2, 0) is 16.0 Å². The number of amides is 1. The molecule has 2 aromatic carbocycles. The second kappa shape index (κ2) is 8.73. The molecule has 2 aromatic rings. The monoisotopic (exact) mass is 342 g/mol. The summed E-state index contributed by atoms with van der Waals surface area (Å²) in [5.41, 5.74) is 8.47. The van der Waals surface area contributed by atoms with Crippen LogP contribution in [0.15, 0.2) is 42.5 Å². The van der Waals surface area contributed by atoms with Gasteiger partial charge in [0.05, 0.1) is 12.7 Å². The Kier molecular flexibility index (Phi) is 6.39. The molecule has 0 saturated carbocycles. The highest BCUT2D eigenvalue weighted by Crippen LogP contribution is 2.17. The van der Waals surface area contributed by atoms with Gasteiger partial charge in [-0.15, -0.1) is 0 Å². The Balaban J connectivity index is 1.76. The SMILES string of the molecule is COc1ccccc1CCNC(=O)COC(=O)c1ccc(C)c(N)c1. The third-order valence-corrected chi connectivity index (χ3v) is 3.76. The molecule has 2 rings (SSSR count). The average molecular weight is 342 g/mol. The van der Waals surface area contributed by atoms with Crippen LogP contribution < -0.4 is 15.8 Å². The van der Waals surface area contributed by atoms with Crippen molar-refractivity contribution in [3.05, 3.63) is 59.2 Å². The summed E-state index contributed by atoms with van der Waals surface area (Å²) in [5, 5.41) is 2.71. The Morgan fingerprint density at radius 1 is 1.16 bits per heavy atom. The second-order valence-electron chi connectivity index (χ2n) is 5.56. The van der Waals surface area contributed by atoms with Crippen LogP contribution in [-0.4, -0.2) is 32.1 Å². The normalized spacial score (nSPS) is 10.2. The number of ether oxygens (including phenoxy) is 2. The molecule has 0 unspecified atom stereocenters. The second-order valence-corrected chi connectivity index (χ2v) is 5.56. The van der Waals surface area contributed by atoms with Gasteiger partial charge in [0.15, 0.2) is 6.61 Å². The molecule has 6 nitrogen and oxygen atoms in total. The number of aryl methyl sites for hydroxylation is 1. The van der Waals surface area contributed by atoms with E-state index in [1.54, 1.807) is 19.2 Å². The van der Waals surface area contributed by atoms with E-state index < -0.39 is 5.97 Å². The zero-order chi connectivity index (χ0) is 18.2. The molecule has 0 atom stereocenters. The predicted molar refractivity (Wildman–Crippen MR) is 95.6 cm³/mol. The first-order valence-electron chi connectivity index (χ1n) is 7.93. The quantitative estimate of drug-likeness (QED) is 0.594. The van der Waals surface area contributed by atoms with Gasteiger partial charge in [-0.3, -0.25) is 4.79 Å². The molecule has 0 radical (unpaired) electrons. The van der Waals surface area contributed by atoms with Crippen molar-refractivity contribution in [3.63, 3.8) is 0 Å². The molecule has 0 fully saturated rings. The van der Waals surface area contributed by atoms with Gasteiger partial charge in [0.25, 0.3) is 5.91 Å². The van der Waals surface area contributed by atoms with Crippen LogP contribution in [0.4, 0.5) is 5.69 Å². The summed E-state index contributed by atoms with van der Waals surface area (Å²) < 4.78 is 10.3. The number of nitrogens with one attached hydrogen (secondary N) is 1. The zero-order valence-electron chi connectivity index (χ0n) is 14.4. The number of esters is 1. The van der Waals surface area contributed by atoms with Gasteiger partial charge in [-0.05, 0) is 42.7 Å². The van der Waals surface area contributed by atoms with Crippen LogP contribution in [0.2, 0.25) is 0 Å². The number of nitrogen functional groups attached to an aromatic ring is 1. The molecule has 0 bridgehead atoms. The van der Waals surface area contributed by atoms with Gasteiger partial charge in [0.2, 0.25) is 0 Å². The average Bonchev–Trinajstić information content (AvgIpc) is 2.62. The van der Waals surface area contributed by atoms with E-state index in [0.717, 1.165) is 16.9 Å². The van der Waals surface area contributed by atoms with Crippen molar-refractivity contribution in [2.24, 2.45) is 0 Å². The number of carbonyl (C=O) groups is 2. The van der Waals surface area contributed by atoms with Gasteiger partial charge >= 0.3 is 5.97 Å². The largest absolute Gasteiger partial charge is 0.496 e. The fourth-order valence-corrected chi connectivity index (χ4v) is 2.28. The third-order valence-electron chi connectivity index (χ3n) is 3.76. The smallest absolute Gasteiger partial charge is 0.338 e. The number of methoxy groups -OCH3 is 1. The number of nitrogens with two attached hydrogens (primary N) is 1. The Labute approximate surface area is 146 Å². The number of carbonyl (C=O) groups excluding carboxylic acids is 2. The van der Waals surface area contributed by atoms with E-state index in [2.05, 4.69) is 5.32 Å². The van der Waals surface area contributed by atoms with Crippen molar-refractivity contribution in [3.8, 4) is 5.75 Å². The van der Waals surface area contributed by atoms with E-state index in [-0.39, 0.29) is 12.5 Å². The number of hydrogen-bond donors (Lipinski definition) is 2. The van der Waals surface area contributed by atoms with E-state index in [1.807, 2.05) is 31.2 Å². The van der Waals surface area contributed by atoms with Crippen LogP contribution in [0.5, 0.6) is 5.75 Å². The minimum absolute atomic E-state index is 0.324. The number of hydrogen-bond acceptors (Lipinski definition) is 5. The van der Waals surface area contributed by atoms with Crippen LogP contribution in [0.1, 0.15) is 21.5 Å². The maximum absolute atomic E-state index is 11.9. The molecule has 132 valence electrons. The third kappa shape index (κ3) is 5.24. The lowest BCUT2D eigenvalue weighted by Gasteiger charge is -2.10. The summed E-state index contributed by atoms with van der Waals surface area (Å²) >= 11 is 0. The topological polar surface area (TPSA) is 90.6 Å². The van der Waals surface area contributed by atoms with Gasteiger partial charge in [-0.2, -0.15) is 0 Å². The summed E-state index contributed by atoms with van der Waals surface area (Å²) in [7, 11) is 1.61. The van der Waals surface area contributed by atoms with Crippen LogP contribution in [0.25, 0.3) is 0 Å². The lowest BCUT2D eigenvalue weighted by molar-refractivity contribution is -0.124. The van der Waals surface area contributed by atoms with E-state index >= 15 is 0 Å². The minimum atomic E-state index is -0.577. The first kappa shape index (κ1) is 18.3. The molecule has 0 aliphatic carbocycles. The lowest BCUT2D eigenvalue weighted by atomic mass is 10.1. The maximum atomic E-state index is 11.9. The first-order chi connectivity index (χ1) is 12.0. The van der Waals surface area contributed by atoms with Crippen LogP contribution >= 0.6 is 0 Å². The van der Waals surface area contributed by atoms with Gasteiger partial charge in [0.1, 0.15) is 5.75 Å². The summed E-state index contributed by atoms with van der Waals surface area (Å²) in [6, 6.07) is 12.5. The molecule has 0 heterocycles. The molecule has 0 aliphatic heterocycles. The van der Waals surface area contributed by atoms with Gasteiger partial charge in [-0.1, -0.05) is 24.3 Å². The maximum Gasteiger partial charge on any atom is 0.338 e. The fraction of sp³-hybridized carbons (Fsp3) is 0.263. The standard InChI is InChI=1S/C19H22N2O4/c1-13-7-8-15(11-16(13)20)19(23)25-12-18(22)21-10-9-14-5-3-4-6-17(14)24-2/h3-8,11H,9-10,12,20H2,1-2H3,(H,21,22). The number of benzene rings is 2. The Hall–Kier alpha value is -3.02. The van der Waals surface area contributed by atoms with E-state index in [4.69, 9.17) is 15.2 Å². The molecule has 0 saturated heterocycles. The van der Waals surface area contributed by atoms with E-state index in [9.17, 15) is 9.59 Å². The summed E-state index contributed by atoms with van der Waals surface area (Å²) in [4.78, 5) is 23.7. The highest BCUT2D eigenvalue weighted by Gasteiger charge is 2.11. The molecule has 0 aromatic heterocycles. The van der Waals surface area contributed by atoms with Crippen molar-refractivity contribution in [2.45, 2.75) is 13.3 Å². The molecule has 25 heavy (non-hydrogen) atoms. The fourth-order valence-electron chi connectivity index (χ4n) is 2.28. The Morgan fingerprint density at radius 2 is 1.92 bits per heavy atom. The van der Waals surface area contributed by atoms with Gasteiger partial charge in [-0.25, -0.2) is 4.79 Å². The summed E-state index contributed by atoms with van der Waals surface area (Å²) in [6.07, 6.45) is 0.623. The number of rotatable bonds is 7. The van der Waals surface area contributed by atoms with E-state index in [1.165, 1.54) is 6.07 Å². The van der Waals surface area contributed by atoms with E-state index in [0.29, 0.717) is 24.2 Å². The molecular weight excluding hydrogens is 320 g/mol. The van der Waals surface area contributed by atoms with Gasteiger partial charge in [0, 0.05) is 12.2 Å². The van der Waals surface area contributed by atoms with Crippen molar-refractivity contribution < 1.29 is 19.1 Å². The number of para-hydroxylation sites is 1. The van der Waals surface area contributed by atoms with Crippen molar-refractivity contribution >= 4 is 17.6 Å². The first-order valence-corrected chi connectivity index (χ1v) is 7.93. The zero-order valence-corrected chi connectivity index (χ0v) is 14.4. The Bertz CT molecular complexity index is 759. The van der Waals surface area contributed by atoms with Gasteiger partial charge < -0.3 is 20.5 Å². The minimum Gasteiger partial charge on any atom is -0.496 e. The highest BCUT2D eigenvalue weighted by molar-refractivity contribution is 5.92. The van der Waals surface area contributed by atoms with Crippen molar-refractivity contribution in [1.82, 2.24) is 5.32 Å². The molecule has 6 heteroatoms. The molecule has 1 amide bonds. The number of anilines is 1. The van der Waals surface area contributed by atoms with Crippen LogP contribution in [0.3, 0.4) is 0 Å². The lowest BCUT2D eigenvalue weighted by Crippen LogP contribution is -2.30. The Morgan fingerprint density at radius 3 is 2.64 bits per heavy atom. The molecule has 0 spiro atoms. The summed E-state index contributed by atoms with van der Waals surface area (Å²) in [6.45, 7) is 1.94. The summed E-state index contributed by atoms with van der Waals surface area (Å²) in [5.74, 6) is -0.157. The molecular formula is C19H22N2O4. The van der Waals surface area contributed by atoms with Crippen molar-refractivity contribution in [2.75, 3.05) is 26.0 Å². The van der Waals surface area contributed by atoms with Crippen molar-refractivity contribution in [1.29, 1.82) is 0 Å².